The summed E-state index contributed by atoms with van der Waals surface area (Å²) < 4.78 is 0. The lowest BCUT2D eigenvalue weighted by Gasteiger charge is -2.17. The number of rotatable bonds is 3. The molecule has 2 nitrogen and oxygen atoms in total. The highest BCUT2D eigenvalue weighted by molar-refractivity contribution is 8.13. The van der Waals surface area contributed by atoms with Gasteiger partial charge in [0, 0.05) is 18.8 Å². The van der Waals surface area contributed by atoms with Crippen LogP contribution in [-0.4, -0.2) is 24.0 Å². The summed E-state index contributed by atoms with van der Waals surface area (Å²) in [5, 5.41) is 4.54. The molecule has 0 radical (unpaired) electrons. The summed E-state index contributed by atoms with van der Waals surface area (Å²) in [4.78, 5) is 4.53. The van der Waals surface area contributed by atoms with Crippen molar-refractivity contribution < 1.29 is 0 Å². The minimum atomic E-state index is 0.724. The molecule has 1 aliphatic rings. The molecule has 1 heterocycles. The Labute approximate surface area is 108 Å². The number of benzene rings is 1. The van der Waals surface area contributed by atoms with E-state index >= 15 is 0 Å². The SMILES string of the molecule is Cc1cccc(CCNC2=NCC(C)CS2)c1. The summed E-state index contributed by atoms with van der Waals surface area (Å²) in [6.07, 6.45) is 1.07. The number of nitrogens with one attached hydrogen (secondary N) is 1. The van der Waals surface area contributed by atoms with Crippen LogP contribution >= 0.6 is 11.8 Å². The number of aliphatic imine (C=N–C) groups is 1. The molecule has 0 saturated carbocycles. The molecular formula is C14H20N2S. The first-order chi connectivity index (χ1) is 8.24. The van der Waals surface area contributed by atoms with Crippen molar-refractivity contribution in [3.63, 3.8) is 0 Å². The van der Waals surface area contributed by atoms with Crippen molar-refractivity contribution in [1.29, 1.82) is 0 Å². The molecule has 17 heavy (non-hydrogen) atoms. The molecular weight excluding hydrogens is 228 g/mol. The lowest BCUT2D eigenvalue weighted by Crippen LogP contribution is -2.27. The van der Waals surface area contributed by atoms with Crippen molar-refractivity contribution in [2.45, 2.75) is 20.3 Å². The zero-order chi connectivity index (χ0) is 12.1. The lowest BCUT2D eigenvalue weighted by atomic mass is 10.1. The second-order valence-electron chi connectivity index (χ2n) is 4.73. The average Bonchev–Trinajstić information content (AvgIpc) is 2.32. The molecule has 1 aromatic rings. The fraction of sp³-hybridized carbons (Fsp3) is 0.500. The second kappa shape index (κ2) is 6.10. The molecule has 1 unspecified atom stereocenters. The molecule has 0 bridgehead atoms. The van der Waals surface area contributed by atoms with Crippen molar-refractivity contribution in [3.05, 3.63) is 35.4 Å². The van der Waals surface area contributed by atoms with Crippen molar-refractivity contribution in [1.82, 2.24) is 5.32 Å². The van der Waals surface area contributed by atoms with Crippen LogP contribution in [0.5, 0.6) is 0 Å². The van der Waals surface area contributed by atoms with Crippen molar-refractivity contribution in [2.24, 2.45) is 10.9 Å². The average molecular weight is 248 g/mol. The highest BCUT2D eigenvalue weighted by Crippen LogP contribution is 2.15. The first-order valence-corrected chi connectivity index (χ1v) is 7.19. The molecule has 1 atom stereocenters. The van der Waals surface area contributed by atoms with Crippen LogP contribution in [-0.2, 0) is 6.42 Å². The highest BCUT2D eigenvalue weighted by atomic mass is 32.2. The molecule has 1 aromatic carbocycles. The molecule has 3 heteroatoms. The zero-order valence-electron chi connectivity index (χ0n) is 10.6. The number of nitrogens with zero attached hydrogens (tertiary/aromatic N) is 1. The van der Waals surface area contributed by atoms with Gasteiger partial charge in [-0.3, -0.25) is 4.99 Å². The van der Waals surface area contributed by atoms with E-state index in [1.165, 1.54) is 16.9 Å². The van der Waals surface area contributed by atoms with Crippen molar-refractivity contribution in [2.75, 3.05) is 18.8 Å². The van der Waals surface area contributed by atoms with Gasteiger partial charge >= 0.3 is 0 Å². The fourth-order valence-electron chi connectivity index (χ4n) is 1.85. The van der Waals surface area contributed by atoms with Gasteiger partial charge in [0.1, 0.15) is 0 Å². The number of amidine groups is 1. The molecule has 92 valence electrons. The summed E-state index contributed by atoms with van der Waals surface area (Å²) in [5.74, 6) is 1.92. The predicted octanol–water partition coefficient (Wildman–Crippen LogP) is 2.87. The van der Waals surface area contributed by atoms with E-state index in [0.717, 1.165) is 30.6 Å². The normalized spacial score (nSPS) is 19.9. The smallest absolute Gasteiger partial charge is 0.156 e. The van der Waals surface area contributed by atoms with Gasteiger partial charge in [-0.15, -0.1) is 0 Å². The van der Waals surface area contributed by atoms with Crippen LogP contribution in [0.3, 0.4) is 0 Å². The van der Waals surface area contributed by atoms with Gasteiger partial charge in [-0.05, 0) is 24.8 Å². The minimum Gasteiger partial charge on any atom is -0.365 e. The van der Waals surface area contributed by atoms with Gasteiger partial charge in [-0.2, -0.15) is 0 Å². The maximum Gasteiger partial charge on any atom is 0.156 e. The van der Waals surface area contributed by atoms with E-state index in [2.05, 4.69) is 48.4 Å². The first kappa shape index (κ1) is 12.5. The third-order valence-electron chi connectivity index (χ3n) is 2.82. The molecule has 0 fully saturated rings. The molecule has 0 spiro atoms. The fourth-order valence-corrected chi connectivity index (χ4v) is 2.76. The van der Waals surface area contributed by atoms with Gasteiger partial charge < -0.3 is 5.32 Å². The Kier molecular flexibility index (Phi) is 4.49. The van der Waals surface area contributed by atoms with Crippen LogP contribution < -0.4 is 5.32 Å². The molecule has 0 aromatic heterocycles. The molecule has 2 rings (SSSR count). The Morgan fingerprint density at radius 3 is 3.06 bits per heavy atom. The highest BCUT2D eigenvalue weighted by Gasteiger charge is 2.11. The monoisotopic (exact) mass is 248 g/mol. The van der Waals surface area contributed by atoms with E-state index in [1.807, 2.05) is 11.8 Å². The number of thioether (sulfide) groups is 1. The largest absolute Gasteiger partial charge is 0.365 e. The van der Waals surface area contributed by atoms with E-state index < -0.39 is 0 Å². The number of hydrogen-bond donors (Lipinski definition) is 1. The molecule has 1 N–H and O–H groups in total. The first-order valence-electron chi connectivity index (χ1n) is 6.20. The quantitative estimate of drug-likeness (QED) is 0.889. The van der Waals surface area contributed by atoms with Crippen LogP contribution in [0.25, 0.3) is 0 Å². The van der Waals surface area contributed by atoms with Gasteiger partial charge in [-0.25, -0.2) is 0 Å². The third-order valence-corrected chi connectivity index (χ3v) is 4.11. The van der Waals surface area contributed by atoms with E-state index in [4.69, 9.17) is 0 Å². The third kappa shape index (κ3) is 4.08. The molecule has 0 amide bonds. The molecule has 0 aliphatic carbocycles. The van der Waals surface area contributed by atoms with E-state index in [1.54, 1.807) is 0 Å². The van der Waals surface area contributed by atoms with Crippen LogP contribution in [0.4, 0.5) is 0 Å². The van der Waals surface area contributed by atoms with Crippen LogP contribution in [0.15, 0.2) is 29.3 Å². The van der Waals surface area contributed by atoms with Gasteiger partial charge in [0.05, 0.1) is 0 Å². The summed E-state index contributed by atoms with van der Waals surface area (Å²) in [6.45, 7) is 6.34. The summed E-state index contributed by atoms with van der Waals surface area (Å²) >= 11 is 1.85. The van der Waals surface area contributed by atoms with E-state index in [-0.39, 0.29) is 0 Å². The van der Waals surface area contributed by atoms with Gasteiger partial charge in [-0.1, -0.05) is 48.5 Å². The van der Waals surface area contributed by atoms with Gasteiger partial charge in [0.15, 0.2) is 5.17 Å². The number of aryl methyl sites for hydroxylation is 1. The van der Waals surface area contributed by atoms with Gasteiger partial charge in [0.2, 0.25) is 0 Å². The van der Waals surface area contributed by atoms with E-state index in [0.29, 0.717) is 0 Å². The predicted molar refractivity (Wildman–Crippen MR) is 76.8 cm³/mol. The topological polar surface area (TPSA) is 24.4 Å². The van der Waals surface area contributed by atoms with Crippen LogP contribution in [0.2, 0.25) is 0 Å². The molecule has 1 aliphatic heterocycles. The Morgan fingerprint density at radius 1 is 1.47 bits per heavy atom. The van der Waals surface area contributed by atoms with Crippen LogP contribution in [0, 0.1) is 12.8 Å². The summed E-state index contributed by atoms with van der Waals surface area (Å²) in [7, 11) is 0. The zero-order valence-corrected chi connectivity index (χ0v) is 11.4. The lowest BCUT2D eigenvalue weighted by molar-refractivity contribution is 0.669. The van der Waals surface area contributed by atoms with Gasteiger partial charge in [0.25, 0.3) is 0 Å². The second-order valence-corrected chi connectivity index (χ2v) is 5.74. The van der Waals surface area contributed by atoms with Crippen LogP contribution in [0.1, 0.15) is 18.1 Å². The van der Waals surface area contributed by atoms with E-state index in [9.17, 15) is 0 Å². The Bertz CT molecular complexity index is 401. The number of hydrogen-bond acceptors (Lipinski definition) is 3. The maximum absolute atomic E-state index is 4.53. The van der Waals surface area contributed by atoms with Crippen molar-refractivity contribution in [3.8, 4) is 0 Å². The minimum absolute atomic E-state index is 0.724. The maximum atomic E-state index is 4.53. The van der Waals surface area contributed by atoms with Crippen molar-refractivity contribution >= 4 is 16.9 Å². The standard InChI is InChI=1S/C14H20N2S/c1-11-4-3-5-13(8-11)6-7-15-14-16-9-12(2)10-17-14/h3-5,8,12H,6-7,9-10H2,1-2H3,(H,15,16). The summed E-state index contributed by atoms with van der Waals surface area (Å²) in [5.41, 5.74) is 2.73. The Hall–Kier alpha value is -0.960. The molecule has 0 saturated heterocycles. The Balaban J connectivity index is 1.76. The summed E-state index contributed by atoms with van der Waals surface area (Å²) in [6, 6.07) is 8.70. The Morgan fingerprint density at radius 2 is 2.35 bits per heavy atom.